The van der Waals surface area contributed by atoms with E-state index in [1.54, 1.807) is 17.5 Å². The lowest BCUT2D eigenvalue weighted by Gasteiger charge is -2.35. The summed E-state index contributed by atoms with van der Waals surface area (Å²) in [5, 5.41) is 7.15. The summed E-state index contributed by atoms with van der Waals surface area (Å²) in [6, 6.07) is 13.0. The molecule has 4 heterocycles. The van der Waals surface area contributed by atoms with Crippen molar-refractivity contribution in [3.8, 4) is 0 Å². The van der Waals surface area contributed by atoms with Gasteiger partial charge in [-0.05, 0) is 49.2 Å². The average Bonchev–Trinajstić information content (AvgIpc) is 3.27. The molecule has 1 atom stereocenters. The molecule has 0 radical (unpaired) electrons. The second kappa shape index (κ2) is 8.23. The molecule has 0 amide bonds. The maximum absolute atomic E-state index is 4.81. The maximum Gasteiger partial charge on any atom is 0.229 e. The van der Waals surface area contributed by atoms with Crippen molar-refractivity contribution in [3.05, 3.63) is 71.6 Å². The van der Waals surface area contributed by atoms with Gasteiger partial charge in [0.1, 0.15) is 0 Å². The minimum absolute atomic E-state index is 0.299. The van der Waals surface area contributed by atoms with Crippen molar-refractivity contribution in [2.45, 2.75) is 31.8 Å². The van der Waals surface area contributed by atoms with Crippen molar-refractivity contribution >= 4 is 33.3 Å². The fourth-order valence-corrected chi connectivity index (χ4v) is 4.49. The van der Waals surface area contributed by atoms with Crippen LogP contribution in [0, 0.1) is 0 Å². The van der Waals surface area contributed by atoms with Gasteiger partial charge >= 0.3 is 0 Å². The molecule has 1 N–H and O–H groups in total. The van der Waals surface area contributed by atoms with Crippen LogP contribution in [0.5, 0.6) is 0 Å². The van der Waals surface area contributed by atoms with E-state index in [1.807, 2.05) is 29.9 Å². The monoisotopic (exact) mass is 402 g/mol. The molecule has 0 aliphatic carbocycles. The van der Waals surface area contributed by atoms with E-state index >= 15 is 0 Å². The molecule has 0 spiro atoms. The van der Waals surface area contributed by atoms with Crippen LogP contribution in [0.15, 0.2) is 60.4 Å². The van der Waals surface area contributed by atoms with Gasteiger partial charge in [-0.1, -0.05) is 18.6 Å². The number of rotatable bonds is 5. The Morgan fingerprint density at radius 2 is 2.03 bits per heavy atom. The van der Waals surface area contributed by atoms with E-state index in [0.29, 0.717) is 12.0 Å². The van der Waals surface area contributed by atoms with Crippen LogP contribution >= 0.6 is 11.3 Å². The highest BCUT2D eigenvalue weighted by molar-refractivity contribution is 7.13. The Morgan fingerprint density at radius 3 is 2.97 bits per heavy atom. The number of hydrogen-bond acceptors (Lipinski definition) is 7. The lowest BCUT2D eigenvalue weighted by Crippen LogP contribution is -2.33. The van der Waals surface area contributed by atoms with Crippen molar-refractivity contribution in [2.24, 2.45) is 0 Å². The van der Waals surface area contributed by atoms with Gasteiger partial charge in [0.2, 0.25) is 5.95 Å². The van der Waals surface area contributed by atoms with E-state index in [9.17, 15) is 0 Å². The van der Waals surface area contributed by atoms with Gasteiger partial charge in [-0.25, -0.2) is 15.0 Å². The predicted molar refractivity (Wildman–Crippen MR) is 116 cm³/mol. The van der Waals surface area contributed by atoms with Gasteiger partial charge in [0.25, 0.3) is 0 Å². The van der Waals surface area contributed by atoms with E-state index < -0.39 is 0 Å². The molecule has 7 heteroatoms. The number of anilines is 2. The number of aromatic nitrogens is 4. The summed E-state index contributed by atoms with van der Waals surface area (Å²) in [5.74, 6) is 0.611. The number of pyridine rings is 1. The van der Waals surface area contributed by atoms with Crippen LogP contribution in [0.4, 0.5) is 11.1 Å². The van der Waals surface area contributed by atoms with Crippen LogP contribution < -0.4 is 5.32 Å². The Balaban J connectivity index is 1.38. The van der Waals surface area contributed by atoms with Crippen molar-refractivity contribution in [2.75, 3.05) is 11.9 Å². The lowest BCUT2D eigenvalue weighted by atomic mass is 9.98. The minimum Gasteiger partial charge on any atom is -0.300 e. The minimum atomic E-state index is 0.299. The number of thiazole rings is 1. The summed E-state index contributed by atoms with van der Waals surface area (Å²) in [5.41, 5.74) is 3.42. The number of fused-ring (bicyclic) bond motifs is 1. The standard InChI is InChI=1S/C22H22N6S/c1-2-12-28(15-16-6-7-18-17(14-16)4-3-9-23-18)20(5-1)19-8-10-24-21(26-19)27-22-25-11-13-29-22/h3-4,6-11,13-14,20H,1-2,5,12,15H2,(H,24,25,26,27)/t20-/m0/s1. The molecule has 1 saturated heterocycles. The summed E-state index contributed by atoms with van der Waals surface area (Å²) < 4.78 is 0. The third kappa shape index (κ3) is 4.11. The Bertz CT molecular complexity index is 1100. The van der Waals surface area contributed by atoms with Gasteiger partial charge < -0.3 is 5.32 Å². The van der Waals surface area contributed by atoms with Gasteiger partial charge in [0.15, 0.2) is 5.13 Å². The second-order valence-corrected chi connectivity index (χ2v) is 8.17. The summed E-state index contributed by atoms with van der Waals surface area (Å²) in [4.78, 5) is 20.4. The van der Waals surface area contributed by atoms with Gasteiger partial charge in [-0.3, -0.25) is 9.88 Å². The third-order valence-electron chi connectivity index (χ3n) is 5.34. The second-order valence-electron chi connectivity index (χ2n) is 7.28. The van der Waals surface area contributed by atoms with E-state index in [2.05, 4.69) is 49.4 Å². The molecule has 146 valence electrons. The average molecular weight is 403 g/mol. The molecular formula is C22H22N6S. The quantitative estimate of drug-likeness (QED) is 0.509. The highest BCUT2D eigenvalue weighted by Crippen LogP contribution is 2.32. The van der Waals surface area contributed by atoms with E-state index in [4.69, 9.17) is 4.98 Å². The predicted octanol–water partition coefficient (Wildman–Crippen LogP) is 4.95. The van der Waals surface area contributed by atoms with Crippen molar-refractivity contribution < 1.29 is 0 Å². The van der Waals surface area contributed by atoms with Gasteiger partial charge in [0, 0.05) is 35.9 Å². The molecule has 1 aromatic carbocycles. The number of hydrogen-bond donors (Lipinski definition) is 1. The van der Waals surface area contributed by atoms with E-state index in [1.165, 1.54) is 23.8 Å². The first kappa shape index (κ1) is 18.1. The molecule has 3 aromatic heterocycles. The van der Waals surface area contributed by atoms with Crippen LogP contribution in [0.1, 0.15) is 36.6 Å². The van der Waals surface area contributed by atoms with Crippen LogP contribution in [0.2, 0.25) is 0 Å². The molecule has 1 aliphatic rings. The van der Waals surface area contributed by atoms with Crippen LogP contribution in [0.3, 0.4) is 0 Å². The first-order valence-electron chi connectivity index (χ1n) is 9.92. The summed E-state index contributed by atoms with van der Waals surface area (Å²) in [6.45, 7) is 1.99. The maximum atomic E-state index is 4.81. The van der Waals surface area contributed by atoms with Crippen molar-refractivity contribution in [1.29, 1.82) is 0 Å². The molecule has 5 rings (SSSR count). The Labute approximate surface area is 173 Å². The molecule has 6 nitrogen and oxygen atoms in total. The third-order valence-corrected chi connectivity index (χ3v) is 6.02. The number of piperidine rings is 1. The van der Waals surface area contributed by atoms with Gasteiger partial charge in [-0.2, -0.15) is 0 Å². The first-order valence-corrected chi connectivity index (χ1v) is 10.8. The smallest absolute Gasteiger partial charge is 0.229 e. The summed E-state index contributed by atoms with van der Waals surface area (Å²) >= 11 is 1.54. The van der Waals surface area contributed by atoms with E-state index in [-0.39, 0.29) is 0 Å². The number of likely N-dealkylation sites (tertiary alicyclic amines) is 1. The topological polar surface area (TPSA) is 66.8 Å². The fourth-order valence-electron chi connectivity index (χ4n) is 3.97. The van der Waals surface area contributed by atoms with Crippen molar-refractivity contribution in [1.82, 2.24) is 24.8 Å². The lowest BCUT2D eigenvalue weighted by molar-refractivity contribution is 0.137. The zero-order valence-corrected chi connectivity index (χ0v) is 16.8. The van der Waals surface area contributed by atoms with Crippen LogP contribution in [0.25, 0.3) is 10.9 Å². The van der Waals surface area contributed by atoms with Crippen LogP contribution in [-0.2, 0) is 6.54 Å². The molecule has 0 saturated carbocycles. The Hall–Kier alpha value is -2.90. The molecule has 0 bridgehead atoms. The van der Waals surface area contributed by atoms with E-state index in [0.717, 1.165) is 35.9 Å². The number of benzene rings is 1. The molecule has 0 unspecified atom stereocenters. The number of nitrogens with one attached hydrogen (secondary N) is 1. The number of nitrogens with zero attached hydrogens (tertiary/aromatic N) is 5. The van der Waals surface area contributed by atoms with Gasteiger partial charge in [-0.15, -0.1) is 11.3 Å². The fraction of sp³-hybridized carbons (Fsp3) is 0.273. The Kier molecular flexibility index (Phi) is 5.15. The van der Waals surface area contributed by atoms with Crippen LogP contribution in [-0.4, -0.2) is 31.4 Å². The normalized spacial score (nSPS) is 17.4. The molecule has 1 aliphatic heterocycles. The highest BCUT2D eigenvalue weighted by atomic mass is 32.1. The zero-order chi connectivity index (χ0) is 19.5. The first-order chi connectivity index (χ1) is 14.3. The Morgan fingerprint density at radius 1 is 1.03 bits per heavy atom. The zero-order valence-electron chi connectivity index (χ0n) is 16.0. The summed E-state index contributed by atoms with van der Waals surface area (Å²) in [7, 11) is 0. The molecule has 1 fully saturated rings. The van der Waals surface area contributed by atoms with Crippen molar-refractivity contribution in [3.63, 3.8) is 0 Å². The molecular weight excluding hydrogens is 380 g/mol. The largest absolute Gasteiger partial charge is 0.300 e. The summed E-state index contributed by atoms with van der Waals surface area (Å²) in [6.07, 6.45) is 9.02. The molecule has 29 heavy (non-hydrogen) atoms. The molecule has 4 aromatic rings. The van der Waals surface area contributed by atoms with Gasteiger partial charge in [0.05, 0.1) is 17.3 Å². The highest BCUT2D eigenvalue weighted by Gasteiger charge is 2.25. The SMILES string of the molecule is c1cnc2ccc(CN3CCCC[C@H]3c3ccnc(Nc4nccs4)n3)cc2c1.